The minimum Gasteiger partial charge on any atom is -0.497 e. The van der Waals surface area contributed by atoms with E-state index in [1.807, 2.05) is 0 Å². The van der Waals surface area contributed by atoms with E-state index in [0.29, 0.717) is 36.8 Å². The summed E-state index contributed by atoms with van der Waals surface area (Å²) in [5.74, 6) is 0.448. The molecule has 0 radical (unpaired) electrons. The molecular formula is C22H20N4O5S4. The average Bonchev–Trinajstić information content (AvgIpc) is 3.43. The summed E-state index contributed by atoms with van der Waals surface area (Å²) in [6.07, 6.45) is 1.20. The van der Waals surface area contributed by atoms with Crippen LogP contribution in [0.5, 0.6) is 5.75 Å². The SMILES string of the molecule is COc1ccc(NC(=O)CSc2nc(CC(=O)Nc3nc4ccc(S(C)(=O)=O)cc4s3)cs2)cc1. The third-order valence-corrected chi connectivity index (χ3v) is 8.72. The molecule has 4 rings (SSSR count). The number of nitrogens with zero attached hydrogens (tertiary/aromatic N) is 2. The maximum atomic E-state index is 12.5. The number of methoxy groups -OCH3 is 1. The number of carbonyl (C=O) groups excluding carboxylic acids is 2. The number of thiazole rings is 2. The smallest absolute Gasteiger partial charge is 0.234 e. The third-order valence-electron chi connectivity index (χ3n) is 4.61. The van der Waals surface area contributed by atoms with E-state index in [-0.39, 0.29) is 28.9 Å². The van der Waals surface area contributed by atoms with Crippen molar-refractivity contribution in [3.63, 3.8) is 0 Å². The Morgan fingerprint density at radius 3 is 2.54 bits per heavy atom. The summed E-state index contributed by atoms with van der Waals surface area (Å²) in [7, 11) is -1.74. The van der Waals surface area contributed by atoms with Crippen LogP contribution in [0.4, 0.5) is 10.8 Å². The largest absolute Gasteiger partial charge is 0.497 e. The first-order valence-corrected chi connectivity index (χ1v) is 14.7. The lowest BCUT2D eigenvalue weighted by atomic mass is 10.3. The highest BCUT2D eigenvalue weighted by Crippen LogP contribution is 2.29. The summed E-state index contributed by atoms with van der Waals surface area (Å²) in [5, 5.41) is 7.71. The van der Waals surface area contributed by atoms with Crippen molar-refractivity contribution in [1.82, 2.24) is 9.97 Å². The molecule has 2 aromatic carbocycles. The van der Waals surface area contributed by atoms with Crippen LogP contribution >= 0.6 is 34.4 Å². The molecule has 2 N–H and O–H groups in total. The summed E-state index contributed by atoms with van der Waals surface area (Å²) in [5.41, 5.74) is 1.87. The Hall–Kier alpha value is -3.00. The topological polar surface area (TPSA) is 127 Å². The predicted molar refractivity (Wildman–Crippen MR) is 140 cm³/mol. The molecule has 0 spiro atoms. The molecule has 4 aromatic rings. The fraction of sp³-hybridized carbons (Fsp3) is 0.182. The summed E-state index contributed by atoms with van der Waals surface area (Å²) >= 11 is 3.86. The summed E-state index contributed by atoms with van der Waals surface area (Å²) in [6.45, 7) is 0. The highest BCUT2D eigenvalue weighted by atomic mass is 32.2. The molecule has 0 aliphatic rings. The molecule has 13 heteroatoms. The lowest BCUT2D eigenvalue weighted by molar-refractivity contribution is -0.116. The number of hydrogen-bond acceptors (Lipinski definition) is 10. The fourth-order valence-electron chi connectivity index (χ4n) is 2.95. The van der Waals surface area contributed by atoms with Crippen LogP contribution in [0.3, 0.4) is 0 Å². The molecule has 2 heterocycles. The maximum absolute atomic E-state index is 12.5. The Kier molecular flexibility index (Phi) is 7.69. The van der Waals surface area contributed by atoms with Gasteiger partial charge in [-0.25, -0.2) is 18.4 Å². The number of hydrogen-bond donors (Lipinski definition) is 2. The summed E-state index contributed by atoms with van der Waals surface area (Å²) < 4.78 is 29.9. The van der Waals surface area contributed by atoms with E-state index in [9.17, 15) is 18.0 Å². The number of benzene rings is 2. The zero-order chi connectivity index (χ0) is 25.0. The minimum atomic E-state index is -3.32. The van der Waals surface area contributed by atoms with Gasteiger partial charge in [0.05, 0.1) is 40.1 Å². The second kappa shape index (κ2) is 10.7. The molecule has 9 nitrogen and oxygen atoms in total. The first-order chi connectivity index (χ1) is 16.7. The van der Waals surface area contributed by atoms with Gasteiger partial charge in [-0.3, -0.25) is 9.59 Å². The van der Waals surface area contributed by atoms with Crippen LogP contribution in [0.2, 0.25) is 0 Å². The van der Waals surface area contributed by atoms with Crippen molar-refractivity contribution in [2.75, 3.05) is 29.8 Å². The Morgan fingerprint density at radius 1 is 1.06 bits per heavy atom. The molecule has 182 valence electrons. The van der Waals surface area contributed by atoms with Crippen LogP contribution < -0.4 is 15.4 Å². The lowest BCUT2D eigenvalue weighted by Gasteiger charge is -2.05. The lowest BCUT2D eigenvalue weighted by Crippen LogP contribution is -2.14. The van der Waals surface area contributed by atoms with Gasteiger partial charge in [0, 0.05) is 17.3 Å². The number of aromatic nitrogens is 2. The first kappa shape index (κ1) is 25.1. The molecule has 0 unspecified atom stereocenters. The Bertz CT molecular complexity index is 1480. The minimum absolute atomic E-state index is 0.0552. The zero-order valence-electron chi connectivity index (χ0n) is 18.6. The van der Waals surface area contributed by atoms with Gasteiger partial charge < -0.3 is 15.4 Å². The van der Waals surface area contributed by atoms with Gasteiger partial charge in [0.1, 0.15) is 5.75 Å². The Balaban J connectivity index is 1.28. The highest BCUT2D eigenvalue weighted by molar-refractivity contribution is 8.01. The van der Waals surface area contributed by atoms with Crippen molar-refractivity contribution in [3.05, 3.63) is 53.5 Å². The van der Waals surface area contributed by atoms with Crippen molar-refractivity contribution < 1.29 is 22.7 Å². The molecule has 0 saturated heterocycles. The molecule has 0 fully saturated rings. The number of ether oxygens (including phenoxy) is 1. The van der Waals surface area contributed by atoms with Crippen LogP contribution in [0.1, 0.15) is 5.69 Å². The first-order valence-electron chi connectivity index (χ1n) is 10.1. The van der Waals surface area contributed by atoms with Gasteiger partial charge in [-0.1, -0.05) is 23.1 Å². The van der Waals surface area contributed by atoms with Gasteiger partial charge >= 0.3 is 0 Å². The maximum Gasteiger partial charge on any atom is 0.234 e. The normalized spacial score (nSPS) is 11.4. The summed E-state index contributed by atoms with van der Waals surface area (Å²) in [6, 6.07) is 11.7. The highest BCUT2D eigenvalue weighted by Gasteiger charge is 2.14. The van der Waals surface area contributed by atoms with E-state index in [1.165, 1.54) is 40.5 Å². The van der Waals surface area contributed by atoms with E-state index >= 15 is 0 Å². The number of carbonyl (C=O) groups is 2. The van der Waals surface area contributed by atoms with Crippen molar-refractivity contribution >= 4 is 77.1 Å². The van der Waals surface area contributed by atoms with Gasteiger partial charge in [-0.2, -0.15) is 0 Å². The zero-order valence-corrected chi connectivity index (χ0v) is 21.9. The molecule has 0 aliphatic carbocycles. The third kappa shape index (κ3) is 6.78. The quantitative estimate of drug-likeness (QED) is 0.300. The van der Waals surface area contributed by atoms with Crippen LogP contribution in [-0.2, 0) is 25.8 Å². The van der Waals surface area contributed by atoms with Crippen LogP contribution in [-0.4, -0.2) is 49.3 Å². The van der Waals surface area contributed by atoms with E-state index in [2.05, 4.69) is 20.6 Å². The second-order valence-electron chi connectivity index (χ2n) is 7.32. The number of fused-ring (bicyclic) bond motifs is 1. The van der Waals surface area contributed by atoms with E-state index in [4.69, 9.17) is 4.74 Å². The number of anilines is 2. The van der Waals surface area contributed by atoms with Crippen molar-refractivity contribution in [2.24, 2.45) is 0 Å². The van der Waals surface area contributed by atoms with Gasteiger partial charge in [-0.05, 0) is 42.5 Å². The number of sulfone groups is 1. The van der Waals surface area contributed by atoms with E-state index in [0.717, 1.165) is 6.26 Å². The Morgan fingerprint density at radius 2 is 1.83 bits per heavy atom. The van der Waals surface area contributed by atoms with Crippen molar-refractivity contribution in [1.29, 1.82) is 0 Å². The number of amides is 2. The Labute approximate surface area is 213 Å². The molecule has 0 atom stereocenters. The van der Waals surface area contributed by atoms with Crippen LogP contribution in [0.25, 0.3) is 10.2 Å². The predicted octanol–water partition coefficient (Wildman–Crippen LogP) is 4.08. The summed E-state index contributed by atoms with van der Waals surface area (Å²) in [4.78, 5) is 33.6. The van der Waals surface area contributed by atoms with Gasteiger partial charge in [0.2, 0.25) is 11.8 Å². The van der Waals surface area contributed by atoms with Gasteiger partial charge in [0.25, 0.3) is 0 Å². The molecule has 2 amide bonds. The molecule has 0 saturated carbocycles. The molecular weight excluding hydrogens is 529 g/mol. The van der Waals surface area contributed by atoms with Crippen molar-refractivity contribution in [3.8, 4) is 5.75 Å². The molecule has 2 aromatic heterocycles. The second-order valence-corrected chi connectivity index (χ2v) is 12.4. The standard InChI is InChI=1S/C22H20N4O5S4/c1-31-15-5-3-13(4-6-15)23-20(28)12-33-22-24-14(11-32-22)9-19(27)26-21-25-17-8-7-16(35(2,29)30)10-18(17)34-21/h3-8,10-11H,9,12H2,1-2H3,(H,23,28)(H,25,26,27). The molecule has 35 heavy (non-hydrogen) atoms. The van der Waals surface area contributed by atoms with Crippen LogP contribution in [0, 0.1) is 0 Å². The fourth-order valence-corrected chi connectivity index (χ4v) is 6.24. The van der Waals surface area contributed by atoms with Gasteiger partial charge in [0.15, 0.2) is 19.3 Å². The number of rotatable bonds is 9. The van der Waals surface area contributed by atoms with E-state index in [1.54, 1.807) is 48.9 Å². The number of nitrogens with one attached hydrogen (secondary N) is 2. The van der Waals surface area contributed by atoms with Gasteiger partial charge in [-0.15, -0.1) is 11.3 Å². The van der Waals surface area contributed by atoms with Crippen molar-refractivity contribution in [2.45, 2.75) is 15.7 Å². The number of thioether (sulfide) groups is 1. The van der Waals surface area contributed by atoms with E-state index < -0.39 is 9.84 Å². The monoisotopic (exact) mass is 548 g/mol. The average molecular weight is 549 g/mol. The molecule has 0 aliphatic heterocycles. The molecule has 0 bridgehead atoms. The van der Waals surface area contributed by atoms with Crippen LogP contribution in [0.15, 0.2) is 57.1 Å².